The summed E-state index contributed by atoms with van der Waals surface area (Å²) in [7, 11) is 0. The molecule has 1 saturated heterocycles. The molecule has 22 heavy (non-hydrogen) atoms. The standard InChI is InChI=1S/C16H22F3NO2/c1-15(2,3)20-10-8-13(9-11-20)21-12-4-6-14(7-5-12)22-16(17,18)19/h4-7,13H,8-11H2,1-3H3. The topological polar surface area (TPSA) is 21.7 Å². The number of likely N-dealkylation sites (tertiary alicyclic amines) is 1. The fourth-order valence-electron chi connectivity index (χ4n) is 2.56. The van der Waals surface area contributed by atoms with Gasteiger partial charge < -0.3 is 9.47 Å². The van der Waals surface area contributed by atoms with Gasteiger partial charge in [0.2, 0.25) is 0 Å². The first-order valence-electron chi connectivity index (χ1n) is 7.41. The van der Waals surface area contributed by atoms with E-state index in [0.717, 1.165) is 25.9 Å². The first kappa shape index (κ1) is 16.9. The Morgan fingerprint density at radius 3 is 1.91 bits per heavy atom. The third-order valence-corrected chi connectivity index (χ3v) is 3.75. The fourth-order valence-corrected chi connectivity index (χ4v) is 2.56. The molecule has 0 saturated carbocycles. The van der Waals surface area contributed by atoms with E-state index in [1.807, 2.05) is 0 Å². The highest BCUT2D eigenvalue weighted by Gasteiger charge is 2.31. The Labute approximate surface area is 129 Å². The van der Waals surface area contributed by atoms with Crippen LogP contribution in [0.4, 0.5) is 13.2 Å². The number of nitrogens with zero attached hydrogens (tertiary/aromatic N) is 1. The van der Waals surface area contributed by atoms with Crippen LogP contribution >= 0.6 is 0 Å². The lowest BCUT2D eigenvalue weighted by Crippen LogP contribution is -2.48. The largest absolute Gasteiger partial charge is 0.573 e. The minimum Gasteiger partial charge on any atom is -0.490 e. The van der Waals surface area contributed by atoms with Crippen LogP contribution in [0.3, 0.4) is 0 Å². The Morgan fingerprint density at radius 1 is 0.955 bits per heavy atom. The van der Waals surface area contributed by atoms with Crippen molar-refractivity contribution in [3.63, 3.8) is 0 Å². The molecule has 3 nitrogen and oxygen atoms in total. The van der Waals surface area contributed by atoms with Crippen molar-refractivity contribution in [3.05, 3.63) is 24.3 Å². The van der Waals surface area contributed by atoms with Crippen LogP contribution in [0, 0.1) is 0 Å². The molecule has 1 aromatic carbocycles. The summed E-state index contributed by atoms with van der Waals surface area (Å²) in [5, 5.41) is 0. The molecule has 0 aliphatic carbocycles. The lowest BCUT2D eigenvalue weighted by atomic mass is 9.99. The van der Waals surface area contributed by atoms with E-state index in [1.54, 1.807) is 0 Å². The molecule has 1 aromatic rings. The predicted molar refractivity (Wildman–Crippen MR) is 78.1 cm³/mol. The van der Waals surface area contributed by atoms with Crippen molar-refractivity contribution in [2.24, 2.45) is 0 Å². The van der Waals surface area contributed by atoms with Gasteiger partial charge in [-0.2, -0.15) is 0 Å². The van der Waals surface area contributed by atoms with E-state index in [4.69, 9.17) is 4.74 Å². The minimum absolute atomic E-state index is 0.105. The van der Waals surface area contributed by atoms with Gasteiger partial charge in [-0.15, -0.1) is 13.2 Å². The van der Waals surface area contributed by atoms with Crippen LogP contribution in [-0.4, -0.2) is 36.0 Å². The summed E-state index contributed by atoms with van der Waals surface area (Å²) in [6, 6.07) is 5.56. The zero-order chi connectivity index (χ0) is 16.4. The van der Waals surface area contributed by atoms with Crippen LogP contribution in [0.5, 0.6) is 11.5 Å². The average molecular weight is 317 g/mol. The van der Waals surface area contributed by atoms with Crippen LogP contribution in [0.15, 0.2) is 24.3 Å². The van der Waals surface area contributed by atoms with E-state index >= 15 is 0 Å². The van der Waals surface area contributed by atoms with E-state index in [-0.39, 0.29) is 17.4 Å². The summed E-state index contributed by atoms with van der Waals surface area (Å²) in [5.41, 5.74) is 0.154. The molecule has 1 aliphatic rings. The van der Waals surface area contributed by atoms with Gasteiger partial charge in [-0.05, 0) is 57.9 Å². The van der Waals surface area contributed by atoms with E-state index < -0.39 is 6.36 Å². The SMILES string of the molecule is CC(C)(C)N1CCC(Oc2ccc(OC(F)(F)F)cc2)CC1. The van der Waals surface area contributed by atoms with Crippen LogP contribution in [0.2, 0.25) is 0 Å². The maximum absolute atomic E-state index is 12.1. The normalized spacial score (nSPS) is 18.3. The Bertz CT molecular complexity index is 472. The van der Waals surface area contributed by atoms with Crippen molar-refractivity contribution in [1.29, 1.82) is 0 Å². The third-order valence-electron chi connectivity index (χ3n) is 3.75. The van der Waals surface area contributed by atoms with E-state index in [1.165, 1.54) is 24.3 Å². The molecule has 0 amide bonds. The second-order valence-electron chi connectivity index (χ2n) is 6.49. The molecule has 1 fully saturated rings. The van der Waals surface area contributed by atoms with Crippen molar-refractivity contribution in [1.82, 2.24) is 4.90 Å². The second kappa shape index (κ2) is 6.36. The van der Waals surface area contributed by atoms with Crippen molar-refractivity contribution in [2.75, 3.05) is 13.1 Å². The van der Waals surface area contributed by atoms with Crippen LogP contribution < -0.4 is 9.47 Å². The minimum atomic E-state index is -4.66. The molecule has 124 valence electrons. The maximum Gasteiger partial charge on any atom is 0.573 e. The summed E-state index contributed by atoms with van der Waals surface area (Å²) in [6.45, 7) is 8.49. The number of rotatable bonds is 3. The van der Waals surface area contributed by atoms with Gasteiger partial charge in [-0.1, -0.05) is 0 Å². The maximum atomic E-state index is 12.1. The van der Waals surface area contributed by atoms with Crippen molar-refractivity contribution in [2.45, 2.75) is 51.6 Å². The number of halogens is 3. The molecule has 1 aliphatic heterocycles. The number of ether oxygens (including phenoxy) is 2. The number of hydrogen-bond donors (Lipinski definition) is 0. The highest BCUT2D eigenvalue weighted by Crippen LogP contribution is 2.27. The van der Waals surface area contributed by atoms with Gasteiger partial charge in [0.1, 0.15) is 17.6 Å². The summed E-state index contributed by atoms with van der Waals surface area (Å²) in [6.07, 6.45) is -2.73. The first-order chi connectivity index (χ1) is 10.1. The average Bonchev–Trinajstić information content (AvgIpc) is 2.39. The lowest BCUT2D eigenvalue weighted by Gasteiger charge is -2.40. The number of alkyl halides is 3. The zero-order valence-electron chi connectivity index (χ0n) is 13.1. The molecule has 1 heterocycles. The second-order valence-corrected chi connectivity index (χ2v) is 6.49. The number of piperidine rings is 1. The molecule has 0 N–H and O–H groups in total. The Morgan fingerprint density at radius 2 is 1.45 bits per heavy atom. The molecule has 0 bridgehead atoms. The predicted octanol–water partition coefficient (Wildman–Crippen LogP) is 4.23. The first-order valence-corrected chi connectivity index (χ1v) is 7.41. The smallest absolute Gasteiger partial charge is 0.490 e. The summed E-state index contributed by atoms with van der Waals surface area (Å²) in [5.74, 6) is 0.339. The molecule has 2 rings (SSSR count). The molecule has 0 aromatic heterocycles. The Kier molecular flexibility index (Phi) is 4.90. The van der Waals surface area contributed by atoms with Crippen LogP contribution in [0.1, 0.15) is 33.6 Å². The lowest BCUT2D eigenvalue weighted by molar-refractivity contribution is -0.274. The Hall–Kier alpha value is -1.43. The number of benzene rings is 1. The molecule has 0 spiro atoms. The summed E-state index contributed by atoms with van der Waals surface area (Å²) in [4.78, 5) is 2.41. The van der Waals surface area contributed by atoms with Gasteiger partial charge in [0.15, 0.2) is 0 Å². The van der Waals surface area contributed by atoms with Crippen molar-refractivity contribution in [3.8, 4) is 11.5 Å². The number of hydrogen-bond acceptors (Lipinski definition) is 3. The third kappa shape index (κ3) is 5.09. The van der Waals surface area contributed by atoms with Gasteiger partial charge in [-0.3, -0.25) is 4.90 Å². The molecule has 0 radical (unpaired) electrons. The van der Waals surface area contributed by atoms with Crippen molar-refractivity contribution >= 4 is 0 Å². The van der Waals surface area contributed by atoms with Gasteiger partial charge in [0.05, 0.1) is 0 Å². The summed E-state index contributed by atoms with van der Waals surface area (Å²) < 4.78 is 45.9. The zero-order valence-corrected chi connectivity index (χ0v) is 13.1. The van der Waals surface area contributed by atoms with E-state index in [2.05, 4.69) is 30.4 Å². The molecular formula is C16H22F3NO2. The van der Waals surface area contributed by atoms with Gasteiger partial charge in [0.25, 0.3) is 0 Å². The molecule has 0 atom stereocenters. The monoisotopic (exact) mass is 317 g/mol. The Balaban J connectivity index is 1.85. The van der Waals surface area contributed by atoms with Crippen LogP contribution in [0.25, 0.3) is 0 Å². The van der Waals surface area contributed by atoms with E-state index in [0.29, 0.717) is 5.75 Å². The van der Waals surface area contributed by atoms with Gasteiger partial charge >= 0.3 is 6.36 Å². The molecular weight excluding hydrogens is 295 g/mol. The molecule has 0 unspecified atom stereocenters. The highest BCUT2D eigenvalue weighted by atomic mass is 19.4. The van der Waals surface area contributed by atoms with E-state index in [9.17, 15) is 13.2 Å². The van der Waals surface area contributed by atoms with Gasteiger partial charge in [-0.25, -0.2) is 0 Å². The quantitative estimate of drug-likeness (QED) is 0.833. The fraction of sp³-hybridized carbons (Fsp3) is 0.625. The summed E-state index contributed by atoms with van der Waals surface area (Å²) >= 11 is 0. The van der Waals surface area contributed by atoms with Crippen molar-refractivity contribution < 1.29 is 22.6 Å². The van der Waals surface area contributed by atoms with Crippen LogP contribution in [-0.2, 0) is 0 Å². The highest BCUT2D eigenvalue weighted by molar-refractivity contribution is 5.31. The molecule has 6 heteroatoms. The van der Waals surface area contributed by atoms with Gasteiger partial charge in [0, 0.05) is 18.6 Å².